The summed E-state index contributed by atoms with van der Waals surface area (Å²) in [4.78, 5) is 0. The van der Waals surface area contributed by atoms with Crippen LogP contribution in [0.5, 0.6) is 0 Å². The van der Waals surface area contributed by atoms with Crippen molar-refractivity contribution in [2.45, 2.75) is 32.6 Å². The average Bonchev–Trinajstić information content (AvgIpc) is 2.38. The number of aryl methyl sites for hydroxylation is 1. The van der Waals surface area contributed by atoms with Gasteiger partial charge in [-0.1, -0.05) is 37.3 Å². The van der Waals surface area contributed by atoms with E-state index in [1.807, 2.05) is 0 Å². The number of hydrogen-bond donors (Lipinski definition) is 2. The smallest absolute Gasteiger partial charge is 0.00368 e. The Morgan fingerprint density at radius 2 is 1.53 bits per heavy atom. The maximum Gasteiger partial charge on any atom is -0.00368 e. The molecule has 2 heteroatoms. The van der Waals surface area contributed by atoms with Crippen LogP contribution < -0.4 is 10.6 Å². The standard InChI is InChI=1S/C15H26N2/c1-2-16-13-8-14-17-12-7-6-11-15-9-4-3-5-10-15/h3-5,9-10,16-17H,2,6-8,11-14H2,1H3. The number of unbranched alkanes of at least 4 members (excludes halogenated alkanes) is 1. The Hall–Kier alpha value is -0.860. The monoisotopic (exact) mass is 234 g/mol. The molecule has 1 aromatic rings. The van der Waals surface area contributed by atoms with E-state index in [-0.39, 0.29) is 0 Å². The molecule has 0 amide bonds. The van der Waals surface area contributed by atoms with Crippen LogP contribution in [0.25, 0.3) is 0 Å². The van der Waals surface area contributed by atoms with Crippen molar-refractivity contribution in [2.24, 2.45) is 0 Å². The van der Waals surface area contributed by atoms with E-state index in [4.69, 9.17) is 0 Å². The molecule has 1 aromatic carbocycles. The van der Waals surface area contributed by atoms with Crippen LogP contribution in [-0.4, -0.2) is 26.2 Å². The van der Waals surface area contributed by atoms with Crippen molar-refractivity contribution in [1.29, 1.82) is 0 Å². The highest BCUT2D eigenvalue weighted by atomic mass is 14.9. The zero-order valence-electron chi connectivity index (χ0n) is 11.0. The molecule has 0 aliphatic rings. The van der Waals surface area contributed by atoms with Gasteiger partial charge in [0.1, 0.15) is 0 Å². The average molecular weight is 234 g/mol. The molecular formula is C15H26N2. The van der Waals surface area contributed by atoms with Gasteiger partial charge in [0.25, 0.3) is 0 Å². The Kier molecular flexibility index (Phi) is 8.61. The second kappa shape index (κ2) is 10.3. The summed E-state index contributed by atoms with van der Waals surface area (Å²) < 4.78 is 0. The molecule has 0 unspecified atom stereocenters. The lowest BCUT2D eigenvalue weighted by Gasteiger charge is -2.05. The van der Waals surface area contributed by atoms with Crippen LogP contribution in [0.2, 0.25) is 0 Å². The van der Waals surface area contributed by atoms with Gasteiger partial charge in [0.2, 0.25) is 0 Å². The van der Waals surface area contributed by atoms with E-state index in [0.29, 0.717) is 0 Å². The highest BCUT2D eigenvalue weighted by Gasteiger charge is 1.92. The van der Waals surface area contributed by atoms with Crippen molar-refractivity contribution in [2.75, 3.05) is 26.2 Å². The first-order valence-electron chi connectivity index (χ1n) is 6.89. The van der Waals surface area contributed by atoms with Crippen LogP contribution in [0.15, 0.2) is 30.3 Å². The fraction of sp³-hybridized carbons (Fsp3) is 0.600. The molecule has 0 saturated heterocycles. The van der Waals surface area contributed by atoms with Crippen molar-refractivity contribution in [3.8, 4) is 0 Å². The first kappa shape index (κ1) is 14.2. The third-order valence-corrected chi connectivity index (χ3v) is 2.87. The van der Waals surface area contributed by atoms with E-state index >= 15 is 0 Å². The van der Waals surface area contributed by atoms with E-state index in [1.165, 1.54) is 31.2 Å². The Labute approximate surface area is 106 Å². The topological polar surface area (TPSA) is 24.1 Å². The van der Waals surface area contributed by atoms with E-state index < -0.39 is 0 Å². The van der Waals surface area contributed by atoms with Crippen molar-refractivity contribution in [3.63, 3.8) is 0 Å². The molecule has 0 saturated carbocycles. The molecule has 96 valence electrons. The molecule has 0 aliphatic heterocycles. The van der Waals surface area contributed by atoms with Crippen LogP contribution in [0, 0.1) is 0 Å². The molecule has 2 N–H and O–H groups in total. The lowest BCUT2D eigenvalue weighted by Crippen LogP contribution is -2.22. The molecule has 0 spiro atoms. The van der Waals surface area contributed by atoms with Gasteiger partial charge in [-0.2, -0.15) is 0 Å². The van der Waals surface area contributed by atoms with Gasteiger partial charge < -0.3 is 10.6 Å². The first-order valence-corrected chi connectivity index (χ1v) is 6.89. The summed E-state index contributed by atoms with van der Waals surface area (Å²) in [5.74, 6) is 0. The Morgan fingerprint density at radius 3 is 2.29 bits per heavy atom. The van der Waals surface area contributed by atoms with Gasteiger partial charge in [-0.05, 0) is 57.4 Å². The molecule has 0 atom stereocenters. The summed E-state index contributed by atoms with van der Waals surface area (Å²) in [5.41, 5.74) is 1.46. The van der Waals surface area contributed by atoms with Crippen LogP contribution >= 0.6 is 0 Å². The SMILES string of the molecule is CCNCCCNCCCCc1ccccc1. The van der Waals surface area contributed by atoms with Gasteiger partial charge in [0.05, 0.1) is 0 Å². The van der Waals surface area contributed by atoms with Gasteiger partial charge in [-0.15, -0.1) is 0 Å². The highest BCUT2D eigenvalue weighted by molar-refractivity contribution is 5.14. The molecule has 0 bridgehead atoms. The lowest BCUT2D eigenvalue weighted by molar-refractivity contribution is 0.581. The van der Waals surface area contributed by atoms with Crippen molar-refractivity contribution in [3.05, 3.63) is 35.9 Å². The van der Waals surface area contributed by atoms with Crippen molar-refractivity contribution < 1.29 is 0 Å². The van der Waals surface area contributed by atoms with E-state index in [2.05, 4.69) is 47.9 Å². The maximum atomic E-state index is 3.49. The third kappa shape index (κ3) is 7.94. The fourth-order valence-electron chi connectivity index (χ4n) is 1.86. The molecule has 0 radical (unpaired) electrons. The number of nitrogens with one attached hydrogen (secondary N) is 2. The fourth-order valence-corrected chi connectivity index (χ4v) is 1.86. The molecule has 1 rings (SSSR count). The predicted molar refractivity (Wildman–Crippen MR) is 75.4 cm³/mol. The molecular weight excluding hydrogens is 208 g/mol. The second-order valence-corrected chi connectivity index (χ2v) is 4.40. The first-order chi connectivity index (χ1) is 8.43. The Bertz CT molecular complexity index is 259. The molecule has 0 aromatic heterocycles. The minimum absolute atomic E-state index is 1.08. The van der Waals surface area contributed by atoms with Gasteiger partial charge in [-0.25, -0.2) is 0 Å². The van der Waals surface area contributed by atoms with Gasteiger partial charge in [0, 0.05) is 0 Å². The summed E-state index contributed by atoms with van der Waals surface area (Å²) in [6.07, 6.45) is 4.99. The van der Waals surface area contributed by atoms with Crippen LogP contribution in [0.3, 0.4) is 0 Å². The quantitative estimate of drug-likeness (QED) is 0.608. The van der Waals surface area contributed by atoms with Gasteiger partial charge in [0.15, 0.2) is 0 Å². The number of benzene rings is 1. The highest BCUT2D eigenvalue weighted by Crippen LogP contribution is 2.03. The van der Waals surface area contributed by atoms with Crippen LogP contribution in [0.4, 0.5) is 0 Å². The molecule has 0 heterocycles. The van der Waals surface area contributed by atoms with Gasteiger partial charge >= 0.3 is 0 Å². The largest absolute Gasteiger partial charge is 0.317 e. The Balaban J connectivity index is 1.85. The second-order valence-electron chi connectivity index (χ2n) is 4.40. The maximum absolute atomic E-state index is 3.49. The predicted octanol–water partition coefficient (Wildman–Crippen LogP) is 2.60. The normalized spacial score (nSPS) is 10.6. The van der Waals surface area contributed by atoms with Crippen molar-refractivity contribution in [1.82, 2.24) is 10.6 Å². The number of hydrogen-bond acceptors (Lipinski definition) is 2. The Morgan fingerprint density at radius 1 is 0.824 bits per heavy atom. The zero-order valence-corrected chi connectivity index (χ0v) is 11.0. The van der Waals surface area contributed by atoms with E-state index in [1.54, 1.807) is 0 Å². The summed E-state index contributed by atoms with van der Waals surface area (Å²) in [6, 6.07) is 10.7. The van der Waals surface area contributed by atoms with Crippen LogP contribution in [-0.2, 0) is 6.42 Å². The third-order valence-electron chi connectivity index (χ3n) is 2.87. The van der Waals surface area contributed by atoms with Crippen molar-refractivity contribution >= 4 is 0 Å². The zero-order chi connectivity index (χ0) is 12.2. The summed E-state index contributed by atoms with van der Waals surface area (Å²) in [7, 11) is 0. The van der Waals surface area contributed by atoms with E-state index in [9.17, 15) is 0 Å². The van der Waals surface area contributed by atoms with E-state index in [0.717, 1.165) is 26.2 Å². The molecule has 0 fully saturated rings. The molecule has 0 aliphatic carbocycles. The lowest BCUT2D eigenvalue weighted by atomic mass is 10.1. The minimum Gasteiger partial charge on any atom is -0.317 e. The summed E-state index contributed by atoms with van der Waals surface area (Å²) >= 11 is 0. The number of rotatable bonds is 10. The summed E-state index contributed by atoms with van der Waals surface area (Å²) in [6.45, 7) is 6.65. The van der Waals surface area contributed by atoms with Crippen LogP contribution in [0.1, 0.15) is 31.7 Å². The van der Waals surface area contributed by atoms with Gasteiger partial charge in [-0.3, -0.25) is 0 Å². The molecule has 2 nitrogen and oxygen atoms in total. The summed E-state index contributed by atoms with van der Waals surface area (Å²) in [5, 5.41) is 6.82. The molecule has 17 heavy (non-hydrogen) atoms. The minimum atomic E-state index is 1.08.